The highest BCUT2D eigenvalue weighted by Crippen LogP contribution is 2.36. The van der Waals surface area contributed by atoms with E-state index in [1.165, 1.54) is 29.5 Å². The first-order valence-corrected chi connectivity index (χ1v) is 9.56. The minimum absolute atomic E-state index is 0.0356. The highest BCUT2D eigenvalue weighted by molar-refractivity contribution is 7.17. The van der Waals surface area contributed by atoms with Gasteiger partial charge in [0.1, 0.15) is 10.5 Å². The molecule has 1 amide bonds. The van der Waals surface area contributed by atoms with Gasteiger partial charge in [0.25, 0.3) is 0 Å². The Morgan fingerprint density at radius 3 is 2.82 bits per heavy atom. The molecule has 1 aromatic carbocycles. The van der Waals surface area contributed by atoms with Gasteiger partial charge in [-0.2, -0.15) is 0 Å². The molecule has 0 radical (unpaired) electrons. The Morgan fingerprint density at radius 1 is 1.29 bits per heavy atom. The Balaban J connectivity index is 1.79. The molecule has 0 unspecified atom stereocenters. The van der Waals surface area contributed by atoms with Crippen LogP contribution in [0.25, 0.3) is 21.4 Å². The highest BCUT2D eigenvalue weighted by atomic mass is 32.1. The fourth-order valence-electron chi connectivity index (χ4n) is 3.04. The lowest BCUT2D eigenvalue weighted by Crippen LogP contribution is -2.36. The lowest BCUT2D eigenvalue weighted by molar-refractivity contribution is -0.111. The second-order valence-electron chi connectivity index (χ2n) is 6.24. The first-order valence-electron chi connectivity index (χ1n) is 8.68. The number of benzene rings is 1. The zero-order valence-electron chi connectivity index (χ0n) is 14.9. The number of ether oxygens (including phenoxy) is 1. The van der Waals surface area contributed by atoms with E-state index >= 15 is 0 Å². The lowest BCUT2D eigenvalue weighted by Gasteiger charge is -2.27. The monoisotopic (exact) mass is 400 g/mol. The largest absolute Gasteiger partial charge is 0.439 e. The summed E-state index contributed by atoms with van der Waals surface area (Å²) in [6, 6.07) is 5.86. The van der Waals surface area contributed by atoms with Gasteiger partial charge < -0.3 is 19.4 Å². The molecule has 6 nitrogen and oxygen atoms in total. The van der Waals surface area contributed by atoms with Crippen molar-refractivity contribution < 1.29 is 18.3 Å². The number of hydrogen-bond acceptors (Lipinski definition) is 6. The molecule has 1 aliphatic rings. The summed E-state index contributed by atoms with van der Waals surface area (Å²) in [5.74, 6) is -0.580. The normalized spacial score (nSPS) is 14.2. The van der Waals surface area contributed by atoms with Gasteiger partial charge in [0, 0.05) is 30.1 Å². The van der Waals surface area contributed by atoms with Gasteiger partial charge in [0.2, 0.25) is 11.3 Å². The number of anilines is 2. The van der Waals surface area contributed by atoms with E-state index in [9.17, 15) is 14.0 Å². The van der Waals surface area contributed by atoms with Crippen molar-refractivity contribution in [3.8, 4) is 11.1 Å². The van der Waals surface area contributed by atoms with Gasteiger partial charge in [-0.15, -0.1) is 11.3 Å². The minimum Gasteiger partial charge on any atom is -0.439 e. The molecule has 1 N–H and O–H groups in total. The Kier molecular flexibility index (Phi) is 4.97. The predicted molar refractivity (Wildman–Crippen MR) is 108 cm³/mol. The van der Waals surface area contributed by atoms with Gasteiger partial charge in [-0.3, -0.25) is 9.59 Å². The average Bonchev–Trinajstić information content (AvgIpc) is 3.15. The number of morpholine rings is 1. The molecular formula is C20H17FN2O4S. The van der Waals surface area contributed by atoms with Crippen LogP contribution in [0.1, 0.15) is 0 Å². The Hall–Kier alpha value is -2.97. The highest BCUT2D eigenvalue weighted by Gasteiger charge is 2.19. The predicted octanol–water partition coefficient (Wildman–Crippen LogP) is 3.62. The molecule has 3 heterocycles. The molecule has 0 saturated carbocycles. The molecule has 28 heavy (non-hydrogen) atoms. The van der Waals surface area contributed by atoms with Crippen molar-refractivity contribution in [1.29, 1.82) is 0 Å². The summed E-state index contributed by atoms with van der Waals surface area (Å²) in [4.78, 5) is 26.1. The van der Waals surface area contributed by atoms with Crippen LogP contribution in [0.2, 0.25) is 0 Å². The van der Waals surface area contributed by atoms with Crippen LogP contribution in [-0.2, 0) is 9.53 Å². The van der Waals surface area contributed by atoms with E-state index in [1.54, 1.807) is 11.4 Å². The topological polar surface area (TPSA) is 71.8 Å². The number of thiophene rings is 1. The number of amides is 1. The fourth-order valence-corrected chi connectivity index (χ4v) is 3.95. The summed E-state index contributed by atoms with van der Waals surface area (Å²) in [6.07, 6.45) is 1.07. The second-order valence-corrected chi connectivity index (χ2v) is 7.12. The molecule has 0 bridgehead atoms. The third kappa shape index (κ3) is 3.44. The third-order valence-corrected chi connectivity index (χ3v) is 5.45. The molecule has 0 aliphatic carbocycles. The summed E-state index contributed by atoms with van der Waals surface area (Å²) in [7, 11) is 0. The van der Waals surface area contributed by atoms with E-state index in [2.05, 4.69) is 11.9 Å². The van der Waals surface area contributed by atoms with Gasteiger partial charge in [0.05, 0.1) is 18.9 Å². The fraction of sp³-hybridized carbons (Fsp3) is 0.200. The number of nitrogens with zero attached hydrogens (tertiary/aromatic N) is 1. The Morgan fingerprint density at radius 2 is 2.07 bits per heavy atom. The van der Waals surface area contributed by atoms with Crippen LogP contribution < -0.4 is 15.6 Å². The van der Waals surface area contributed by atoms with Crippen LogP contribution in [0.15, 0.2) is 51.5 Å². The number of rotatable bonds is 4. The van der Waals surface area contributed by atoms with Crippen molar-refractivity contribution in [2.24, 2.45) is 0 Å². The van der Waals surface area contributed by atoms with E-state index in [-0.39, 0.29) is 11.1 Å². The van der Waals surface area contributed by atoms with Crippen molar-refractivity contribution in [3.63, 3.8) is 0 Å². The second kappa shape index (κ2) is 7.57. The SMILES string of the molecule is C=CC(=O)Nc1cc(-c2csc3c(=O)cc(N4CCOCC4)oc23)ccc1F. The van der Waals surface area contributed by atoms with Crippen molar-refractivity contribution in [2.75, 3.05) is 36.5 Å². The van der Waals surface area contributed by atoms with Crippen molar-refractivity contribution in [2.45, 2.75) is 0 Å². The van der Waals surface area contributed by atoms with Crippen molar-refractivity contribution in [3.05, 3.63) is 58.3 Å². The quantitative estimate of drug-likeness (QED) is 0.678. The molecule has 0 spiro atoms. The molecule has 3 aromatic rings. The summed E-state index contributed by atoms with van der Waals surface area (Å²) >= 11 is 1.27. The van der Waals surface area contributed by atoms with E-state index in [0.29, 0.717) is 53.6 Å². The van der Waals surface area contributed by atoms with Gasteiger partial charge >= 0.3 is 0 Å². The van der Waals surface area contributed by atoms with Gasteiger partial charge in [-0.05, 0) is 23.8 Å². The van der Waals surface area contributed by atoms with Crippen LogP contribution in [0.3, 0.4) is 0 Å². The number of halogens is 1. The van der Waals surface area contributed by atoms with E-state index < -0.39 is 11.7 Å². The molecule has 1 fully saturated rings. The molecule has 4 rings (SSSR count). The number of carbonyl (C=O) groups is 1. The average molecular weight is 400 g/mol. The van der Waals surface area contributed by atoms with Crippen LogP contribution in [0, 0.1) is 5.82 Å². The summed E-state index contributed by atoms with van der Waals surface area (Å²) < 4.78 is 26.0. The number of carbonyl (C=O) groups excluding carboxylic acids is 1. The summed E-state index contributed by atoms with van der Waals surface area (Å²) in [6.45, 7) is 5.79. The molecule has 8 heteroatoms. The van der Waals surface area contributed by atoms with Crippen LogP contribution >= 0.6 is 11.3 Å². The van der Waals surface area contributed by atoms with Crippen LogP contribution in [-0.4, -0.2) is 32.2 Å². The zero-order chi connectivity index (χ0) is 19.7. The third-order valence-electron chi connectivity index (χ3n) is 4.47. The van der Waals surface area contributed by atoms with E-state index in [4.69, 9.17) is 9.15 Å². The minimum atomic E-state index is -0.561. The maximum atomic E-state index is 14.1. The zero-order valence-corrected chi connectivity index (χ0v) is 15.7. The maximum absolute atomic E-state index is 14.1. The van der Waals surface area contributed by atoms with Gasteiger partial charge in [-0.1, -0.05) is 12.6 Å². The Labute approximate surface area is 163 Å². The van der Waals surface area contributed by atoms with Gasteiger partial charge in [0.15, 0.2) is 11.5 Å². The molecule has 2 aromatic heterocycles. The summed E-state index contributed by atoms with van der Waals surface area (Å²) in [5, 5.41) is 4.24. The van der Waals surface area contributed by atoms with Crippen molar-refractivity contribution in [1.82, 2.24) is 0 Å². The lowest BCUT2D eigenvalue weighted by atomic mass is 10.1. The number of hydrogen-bond donors (Lipinski definition) is 1. The van der Waals surface area contributed by atoms with Gasteiger partial charge in [-0.25, -0.2) is 4.39 Å². The molecular weight excluding hydrogens is 383 g/mol. The molecule has 1 saturated heterocycles. The van der Waals surface area contributed by atoms with E-state index in [1.807, 2.05) is 4.90 Å². The number of nitrogens with one attached hydrogen (secondary N) is 1. The van der Waals surface area contributed by atoms with Crippen molar-refractivity contribution >= 4 is 39.1 Å². The first kappa shape index (κ1) is 18.4. The first-order chi connectivity index (χ1) is 13.6. The molecule has 144 valence electrons. The Bertz CT molecular complexity index is 1120. The maximum Gasteiger partial charge on any atom is 0.247 e. The number of fused-ring (bicyclic) bond motifs is 1. The smallest absolute Gasteiger partial charge is 0.247 e. The summed E-state index contributed by atoms with van der Waals surface area (Å²) in [5.41, 5.74) is 1.66. The van der Waals surface area contributed by atoms with E-state index in [0.717, 1.165) is 6.08 Å². The van der Waals surface area contributed by atoms with Crippen LogP contribution in [0.5, 0.6) is 0 Å². The molecule has 1 aliphatic heterocycles. The standard InChI is InChI=1S/C20H17FN2O4S/c1-2-17(25)22-15-9-12(3-4-14(15)21)13-11-28-20-16(24)10-18(27-19(13)20)23-5-7-26-8-6-23/h2-4,9-11H,1,5-8H2,(H,22,25). The molecule has 0 atom stereocenters. The van der Waals surface area contributed by atoms with Crippen LogP contribution in [0.4, 0.5) is 16.0 Å².